The molecule has 0 aliphatic rings. The first-order chi connectivity index (χ1) is 13.7. The molecule has 5 aromatic rings. The Morgan fingerprint density at radius 3 is 2.61 bits per heavy atom. The number of anilines is 4. The zero-order valence-corrected chi connectivity index (χ0v) is 15.1. The van der Waals surface area contributed by atoms with Gasteiger partial charge in [0, 0.05) is 11.1 Å². The smallest absolute Gasteiger partial charge is 0.231 e. The summed E-state index contributed by atoms with van der Waals surface area (Å²) in [6.07, 6.45) is 3.40. The second kappa shape index (κ2) is 6.62. The number of aryl methyl sites for hydroxylation is 1. The lowest BCUT2D eigenvalue weighted by atomic mass is 10.2. The first-order valence-corrected chi connectivity index (χ1v) is 8.91. The first-order valence-electron chi connectivity index (χ1n) is 8.91. The third kappa shape index (κ3) is 3.09. The predicted octanol–water partition coefficient (Wildman–Crippen LogP) is 4.70. The van der Waals surface area contributed by atoms with Crippen LogP contribution in [0.5, 0.6) is 0 Å². The van der Waals surface area contributed by atoms with E-state index in [1.54, 1.807) is 12.5 Å². The summed E-state index contributed by atoms with van der Waals surface area (Å²) in [6, 6.07) is 18.1. The number of H-pyrrole nitrogens is 1. The molecule has 136 valence electrons. The van der Waals surface area contributed by atoms with Gasteiger partial charge in [-0.05, 0) is 31.2 Å². The molecule has 0 unspecified atom stereocenters. The van der Waals surface area contributed by atoms with Crippen molar-refractivity contribution in [1.82, 2.24) is 24.9 Å². The summed E-state index contributed by atoms with van der Waals surface area (Å²) in [5, 5.41) is 7.63. The van der Waals surface area contributed by atoms with Crippen LogP contribution in [0.15, 0.2) is 67.1 Å². The molecule has 0 atom stereocenters. The molecule has 5 rings (SSSR count). The molecule has 0 aliphatic carbocycles. The van der Waals surface area contributed by atoms with Crippen molar-refractivity contribution in [2.45, 2.75) is 6.92 Å². The zero-order valence-electron chi connectivity index (χ0n) is 15.1. The molecule has 3 N–H and O–H groups in total. The molecule has 0 fully saturated rings. The molecule has 3 aromatic heterocycles. The molecule has 0 saturated carbocycles. The lowest BCUT2D eigenvalue weighted by molar-refractivity contribution is 1.19. The molecule has 7 nitrogen and oxygen atoms in total. The molecule has 0 spiro atoms. The summed E-state index contributed by atoms with van der Waals surface area (Å²) in [7, 11) is 0. The van der Waals surface area contributed by atoms with Gasteiger partial charge in [0.15, 0.2) is 11.5 Å². The number of hydrogen-bond acceptors (Lipinski definition) is 6. The number of rotatable bonds is 4. The van der Waals surface area contributed by atoms with Crippen molar-refractivity contribution in [1.29, 1.82) is 0 Å². The molecule has 0 radical (unpaired) electrons. The number of nitrogens with one attached hydrogen (secondary N) is 3. The number of benzene rings is 2. The van der Waals surface area contributed by atoms with Crippen molar-refractivity contribution in [2.75, 3.05) is 10.6 Å². The van der Waals surface area contributed by atoms with E-state index in [0.29, 0.717) is 17.4 Å². The maximum Gasteiger partial charge on any atom is 0.231 e. The van der Waals surface area contributed by atoms with E-state index in [2.05, 4.69) is 42.5 Å². The van der Waals surface area contributed by atoms with Crippen LogP contribution in [0.1, 0.15) is 5.56 Å². The van der Waals surface area contributed by atoms with Crippen LogP contribution >= 0.6 is 0 Å². The maximum atomic E-state index is 4.63. The average Bonchev–Trinajstić information content (AvgIpc) is 3.19. The predicted molar refractivity (Wildman–Crippen MR) is 111 cm³/mol. The zero-order chi connectivity index (χ0) is 18.9. The number of nitrogens with zero attached hydrogens (tertiary/aromatic N) is 4. The van der Waals surface area contributed by atoms with Crippen molar-refractivity contribution in [3.8, 4) is 0 Å². The van der Waals surface area contributed by atoms with Crippen LogP contribution in [0.3, 0.4) is 0 Å². The fourth-order valence-electron chi connectivity index (χ4n) is 3.02. The highest BCUT2D eigenvalue weighted by Crippen LogP contribution is 2.25. The molecule has 28 heavy (non-hydrogen) atoms. The molecular formula is C21H17N7. The van der Waals surface area contributed by atoms with Gasteiger partial charge in [0.1, 0.15) is 5.52 Å². The molecule has 2 aromatic carbocycles. The molecule has 7 heteroatoms. The van der Waals surface area contributed by atoms with Gasteiger partial charge in [0.2, 0.25) is 5.95 Å². The van der Waals surface area contributed by atoms with Crippen LogP contribution < -0.4 is 10.6 Å². The molecule has 0 aliphatic heterocycles. The van der Waals surface area contributed by atoms with Gasteiger partial charge in [-0.3, -0.25) is 4.98 Å². The highest BCUT2D eigenvalue weighted by molar-refractivity contribution is 5.88. The van der Waals surface area contributed by atoms with E-state index in [4.69, 9.17) is 0 Å². The maximum absolute atomic E-state index is 4.63. The Hall–Kier alpha value is -4.00. The van der Waals surface area contributed by atoms with Crippen LogP contribution in [0.25, 0.3) is 22.1 Å². The Morgan fingerprint density at radius 1 is 0.857 bits per heavy atom. The van der Waals surface area contributed by atoms with E-state index in [9.17, 15) is 0 Å². The van der Waals surface area contributed by atoms with E-state index in [-0.39, 0.29) is 0 Å². The largest absolute Gasteiger partial charge is 0.340 e. The minimum absolute atomic E-state index is 0.472. The van der Waals surface area contributed by atoms with Gasteiger partial charge in [0.25, 0.3) is 0 Å². The third-order valence-electron chi connectivity index (χ3n) is 4.45. The Kier molecular flexibility index (Phi) is 3.83. The normalized spacial score (nSPS) is 11.0. The molecular weight excluding hydrogens is 350 g/mol. The summed E-state index contributed by atoms with van der Waals surface area (Å²) in [5.74, 6) is 1.11. The summed E-state index contributed by atoms with van der Waals surface area (Å²) >= 11 is 0. The SMILES string of the molecule is Cc1ccc(Nc2nc(Nc3cnc4ccccc4c3)c3[nH]cnc3n2)cc1. The van der Waals surface area contributed by atoms with Gasteiger partial charge < -0.3 is 15.6 Å². The summed E-state index contributed by atoms with van der Waals surface area (Å²) < 4.78 is 0. The van der Waals surface area contributed by atoms with Gasteiger partial charge in [0.05, 0.1) is 23.7 Å². The Labute approximate surface area is 160 Å². The number of pyridine rings is 1. The van der Waals surface area contributed by atoms with Crippen LogP contribution in [-0.4, -0.2) is 24.9 Å². The molecule has 0 amide bonds. The Balaban J connectivity index is 1.52. The van der Waals surface area contributed by atoms with E-state index in [1.807, 2.05) is 54.6 Å². The lowest BCUT2D eigenvalue weighted by Crippen LogP contribution is -2.02. The Morgan fingerprint density at radius 2 is 1.71 bits per heavy atom. The summed E-state index contributed by atoms with van der Waals surface area (Å²) in [4.78, 5) is 21.0. The lowest BCUT2D eigenvalue weighted by Gasteiger charge is -2.10. The third-order valence-corrected chi connectivity index (χ3v) is 4.45. The van der Waals surface area contributed by atoms with E-state index in [1.165, 1.54) is 5.56 Å². The van der Waals surface area contributed by atoms with E-state index >= 15 is 0 Å². The van der Waals surface area contributed by atoms with Crippen LogP contribution in [-0.2, 0) is 0 Å². The minimum atomic E-state index is 0.472. The summed E-state index contributed by atoms with van der Waals surface area (Å²) in [5.41, 5.74) is 5.22. The first kappa shape index (κ1) is 16.2. The minimum Gasteiger partial charge on any atom is -0.340 e. The van der Waals surface area contributed by atoms with Crippen molar-refractivity contribution >= 4 is 45.2 Å². The number of hydrogen-bond donors (Lipinski definition) is 3. The highest BCUT2D eigenvalue weighted by Gasteiger charge is 2.11. The van der Waals surface area contributed by atoms with Crippen molar-refractivity contribution < 1.29 is 0 Å². The Bertz CT molecular complexity index is 1280. The van der Waals surface area contributed by atoms with Gasteiger partial charge in [-0.15, -0.1) is 0 Å². The van der Waals surface area contributed by atoms with Crippen LogP contribution in [0.2, 0.25) is 0 Å². The molecule has 0 saturated heterocycles. The highest BCUT2D eigenvalue weighted by atomic mass is 15.2. The fourth-order valence-corrected chi connectivity index (χ4v) is 3.02. The average molecular weight is 367 g/mol. The molecule has 3 heterocycles. The number of aromatic amines is 1. The van der Waals surface area contributed by atoms with Gasteiger partial charge in [-0.1, -0.05) is 35.9 Å². The standard InChI is InChI=1S/C21H17N7/c1-13-6-8-15(9-7-13)26-21-27-19-18(23-12-24-19)20(28-21)25-16-10-14-4-2-3-5-17(14)22-11-16/h2-12H,1H3,(H3,23,24,25,26,27,28). The van der Waals surface area contributed by atoms with Gasteiger partial charge in [-0.25, -0.2) is 4.98 Å². The van der Waals surface area contributed by atoms with E-state index in [0.717, 1.165) is 27.8 Å². The monoisotopic (exact) mass is 367 g/mol. The second-order valence-corrected chi connectivity index (χ2v) is 6.53. The molecule has 0 bridgehead atoms. The van der Waals surface area contributed by atoms with Gasteiger partial charge >= 0.3 is 0 Å². The quantitative estimate of drug-likeness (QED) is 0.427. The van der Waals surface area contributed by atoms with Gasteiger partial charge in [-0.2, -0.15) is 9.97 Å². The van der Waals surface area contributed by atoms with Crippen molar-refractivity contribution in [2.24, 2.45) is 0 Å². The number of fused-ring (bicyclic) bond motifs is 2. The fraction of sp³-hybridized carbons (Fsp3) is 0.0476. The summed E-state index contributed by atoms with van der Waals surface area (Å²) in [6.45, 7) is 2.05. The van der Waals surface area contributed by atoms with Crippen molar-refractivity contribution in [3.63, 3.8) is 0 Å². The second-order valence-electron chi connectivity index (χ2n) is 6.53. The number of para-hydroxylation sites is 1. The van der Waals surface area contributed by atoms with Crippen LogP contribution in [0.4, 0.5) is 23.1 Å². The topological polar surface area (TPSA) is 91.4 Å². The number of imidazole rings is 1. The van der Waals surface area contributed by atoms with Crippen molar-refractivity contribution in [3.05, 3.63) is 72.7 Å². The van der Waals surface area contributed by atoms with Crippen LogP contribution in [0, 0.1) is 6.92 Å². The number of aromatic nitrogens is 5. The van der Waals surface area contributed by atoms with E-state index < -0.39 is 0 Å².